The molecule has 0 aliphatic heterocycles. The van der Waals surface area contributed by atoms with Crippen LogP contribution in [0.15, 0.2) is 259 Å². The molecule has 0 N–H and O–H groups in total. The summed E-state index contributed by atoms with van der Waals surface area (Å²) in [5.74, 6) is 0. The highest BCUT2D eigenvalue weighted by molar-refractivity contribution is 9.10. The van der Waals surface area contributed by atoms with Crippen LogP contribution in [0.4, 0.5) is 51.2 Å². The summed E-state index contributed by atoms with van der Waals surface area (Å²) in [5.41, 5.74) is 18.8. The van der Waals surface area contributed by atoms with Gasteiger partial charge in [-0.3, -0.25) is 0 Å². The van der Waals surface area contributed by atoms with E-state index in [1.165, 1.54) is 11.1 Å². The van der Waals surface area contributed by atoms with Crippen molar-refractivity contribution in [3.05, 3.63) is 270 Å². The van der Waals surface area contributed by atoms with E-state index in [1.54, 1.807) is 0 Å². The van der Waals surface area contributed by atoms with E-state index in [-0.39, 0.29) is 10.8 Å². The lowest BCUT2D eigenvalue weighted by atomic mass is 9.86. The second kappa shape index (κ2) is 20.4. The zero-order valence-electron chi connectivity index (χ0n) is 42.0. The van der Waals surface area contributed by atoms with Crippen molar-refractivity contribution in [2.75, 3.05) is 14.7 Å². The number of hydrogen-bond donors (Lipinski definition) is 0. The van der Waals surface area contributed by atoms with Crippen LogP contribution in [0.25, 0.3) is 33.4 Å². The van der Waals surface area contributed by atoms with Crippen molar-refractivity contribution in [2.45, 2.75) is 52.4 Å². The van der Waals surface area contributed by atoms with E-state index in [0.29, 0.717) is 0 Å². The number of nitrogens with zero attached hydrogens (tertiary/aromatic N) is 3. The van der Waals surface area contributed by atoms with Crippen LogP contribution in [0.1, 0.15) is 52.7 Å². The predicted octanol–water partition coefficient (Wildman–Crippen LogP) is 20.5. The molecule has 354 valence electrons. The van der Waals surface area contributed by atoms with Crippen LogP contribution in [0.5, 0.6) is 0 Å². The third kappa shape index (κ3) is 10.1. The summed E-state index contributed by atoms with van der Waals surface area (Å²) in [7, 11) is 0. The van der Waals surface area contributed by atoms with Gasteiger partial charge in [-0.1, -0.05) is 233 Å². The maximum Gasteiger partial charge on any atom is 0.0540 e. The van der Waals surface area contributed by atoms with Gasteiger partial charge in [-0.15, -0.1) is 0 Å². The first-order valence-electron chi connectivity index (χ1n) is 24.9. The standard InChI is InChI=1S/C68H60BrN3/c1-67(2,3)52-41-37-50(38-42-52)62-32-17-19-34-64(62)70(55-26-12-8-13-27-55)58-46-59(71(56-28-14-9-15-29-56)65-35-20-18-33-63(65)51-39-43-53(44-40-51)68(4,5)6)48-60(47-58)72(57-30-22-25-54(69)45-57)66-36-21-16-31-61(66)49-23-10-7-11-24-49/h7-48H,1-6H3. The molecule has 10 aromatic carbocycles. The lowest BCUT2D eigenvalue weighted by Gasteiger charge is -2.34. The largest absolute Gasteiger partial charge is 0.310 e. The first kappa shape index (κ1) is 47.7. The third-order valence-electron chi connectivity index (χ3n) is 13.4. The van der Waals surface area contributed by atoms with Crippen LogP contribution in [0.2, 0.25) is 0 Å². The second-order valence-electron chi connectivity index (χ2n) is 20.4. The summed E-state index contributed by atoms with van der Waals surface area (Å²) in [6, 6.07) is 92.7. The fraction of sp³-hybridized carbons (Fsp3) is 0.118. The molecule has 10 rings (SSSR count). The van der Waals surface area contributed by atoms with Crippen molar-refractivity contribution < 1.29 is 0 Å². The Bertz CT molecular complexity index is 3260. The Kier molecular flexibility index (Phi) is 13.5. The lowest BCUT2D eigenvalue weighted by molar-refractivity contribution is 0.590. The van der Waals surface area contributed by atoms with Gasteiger partial charge in [0.2, 0.25) is 0 Å². The number of halogens is 1. The molecule has 0 saturated carbocycles. The van der Waals surface area contributed by atoms with Gasteiger partial charge in [-0.25, -0.2) is 0 Å². The fourth-order valence-electron chi connectivity index (χ4n) is 9.67. The number of benzene rings is 10. The van der Waals surface area contributed by atoms with Gasteiger partial charge in [-0.2, -0.15) is 0 Å². The topological polar surface area (TPSA) is 9.72 Å². The average Bonchev–Trinajstić information content (AvgIpc) is 3.40. The molecular formula is C68H60BrN3. The van der Waals surface area contributed by atoms with Gasteiger partial charge in [0.25, 0.3) is 0 Å². The summed E-state index contributed by atoms with van der Waals surface area (Å²) in [4.78, 5) is 7.28. The normalized spacial score (nSPS) is 11.5. The Morgan fingerprint density at radius 3 is 0.931 bits per heavy atom. The maximum absolute atomic E-state index is 3.88. The van der Waals surface area contributed by atoms with Gasteiger partial charge in [0.05, 0.1) is 34.1 Å². The first-order chi connectivity index (χ1) is 34.9. The molecule has 0 atom stereocenters. The van der Waals surface area contributed by atoms with Crippen LogP contribution in [0, 0.1) is 0 Å². The van der Waals surface area contributed by atoms with Gasteiger partial charge in [-0.05, 0) is 118 Å². The highest BCUT2D eigenvalue weighted by Crippen LogP contribution is 2.50. The van der Waals surface area contributed by atoms with Crippen molar-refractivity contribution in [1.29, 1.82) is 0 Å². The van der Waals surface area contributed by atoms with Gasteiger partial charge >= 0.3 is 0 Å². The molecule has 0 amide bonds. The van der Waals surface area contributed by atoms with Crippen LogP contribution in [-0.2, 0) is 10.8 Å². The zero-order chi connectivity index (χ0) is 49.8. The molecule has 0 aliphatic rings. The molecule has 0 heterocycles. The van der Waals surface area contributed by atoms with E-state index in [9.17, 15) is 0 Å². The Morgan fingerprint density at radius 2 is 0.569 bits per heavy atom. The number of rotatable bonds is 12. The average molecular weight is 999 g/mol. The molecule has 0 saturated heterocycles. The maximum atomic E-state index is 3.88. The van der Waals surface area contributed by atoms with E-state index < -0.39 is 0 Å². The highest BCUT2D eigenvalue weighted by atomic mass is 79.9. The Hall–Kier alpha value is -7.92. The summed E-state index contributed by atoms with van der Waals surface area (Å²) < 4.78 is 0.994. The van der Waals surface area contributed by atoms with Crippen molar-refractivity contribution in [2.24, 2.45) is 0 Å². The van der Waals surface area contributed by atoms with Crippen LogP contribution in [-0.4, -0.2) is 0 Å². The van der Waals surface area contributed by atoms with E-state index in [1.807, 2.05) is 0 Å². The second-order valence-corrected chi connectivity index (χ2v) is 21.4. The van der Waals surface area contributed by atoms with Crippen molar-refractivity contribution >= 4 is 67.1 Å². The third-order valence-corrected chi connectivity index (χ3v) is 13.9. The van der Waals surface area contributed by atoms with Crippen LogP contribution in [0.3, 0.4) is 0 Å². The Morgan fingerprint density at radius 1 is 0.264 bits per heavy atom. The van der Waals surface area contributed by atoms with Gasteiger partial charge in [0.1, 0.15) is 0 Å². The summed E-state index contributed by atoms with van der Waals surface area (Å²) in [6.07, 6.45) is 0. The molecule has 4 heteroatoms. The van der Waals surface area contributed by atoms with Crippen LogP contribution < -0.4 is 14.7 Å². The molecule has 10 aromatic rings. The minimum Gasteiger partial charge on any atom is -0.310 e. The SMILES string of the molecule is CC(C)(C)c1ccc(-c2ccccc2N(c2ccccc2)c2cc(N(c3ccccc3)c3ccccc3-c3ccc(C(C)(C)C)cc3)cc(N(c3cccc(Br)c3)c3ccccc3-c3ccccc3)c2)cc1. The fourth-order valence-corrected chi connectivity index (χ4v) is 10.1. The molecule has 72 heavy (non-hydrogen) atoms. The minimum absolute atomic E-state index is 0.0312. The quantitative estimate of drug-likeness (QED) is 0.121. The van der Waals surface area contributed by atoms with Gasteiger partial charge in [0.15, 0.2) is 0 Å². The first-order valence-corrected chi connectivity index (χ1v) is 25.7. The monoisotopic (exact) mass is 997 g/mol. The number of anilines is 9. The number of para-hydroxylation sites is 5. The molecule has 3 nitrogen and oxygen atoms in total. The molecule has 0 spiro atoms. The van der Waals surface area contributed by atoms with E-state index >= 15 is 0 Å². The highest BCUT2D eigenvalue weighted by Gasteiger charge is 2.26. The molecule has 0 fully saturated rings. The molecular weight excluding hydrogens is 939 g/mol. The summed E-state index contributed by atoms with van der Waals surface area (Å²) >= 11 is 3.88. The molecule has 0 aromatic heterocycles. The van der Waals surface area contributed by atoms with Crippen molar-refractivity contribution in [3.63, 3.8) is 0 Å². The smallest absolute Gasteiger partial charge is 0.0540 e. The molecule has 0 unspecified atom stereocenters. The zero-order valence-corrected chi connectivity index (χ0v) is 43.6. The van der Waals surface area contributed by atoms with E-state index in [4.69, 9.17) is 0 Å². The summed E-state index contributed by atoms with van der Waals surface area (Å²) in [6.45, 7) is 13.6. The Balaban J connectivity index is 1.29. The molecule has 0 bridgehead atoms. The Labute approximate surface area is 435 Å². The predicted molar refractivity (Wildman–Crippen MR) is 312 cm³/mol. The molecule has 0 aliphatic carbocycles. The molecule has 0 radical (unpaired) electrons. The summed E-state index contributed by atoms with van der Waals surface area (Å²) in [5, 5.41) is 0. The van der Waals surface area contributed by atoms with Gasteiger partial charge < -0.3 is 14.7 Å². The van der Waals surface area contributed by atoms with Crippen molar-refractivity contribution in [1.82, 2.24) is 0 Å². The van der Waals surface area contributed by atoms with E-state index in [0.717, 1.165) is 89.0 Å². The minimum atomic E-state index is 0.0312. The van der Waals surface area contributed by atoms with E-state index in [2.05, 4.69) is 327 Å². The lowest BCUT2D eigenvalue weighted by Crippen LogP contribution is -2.17. The van der Waals surface area contributed by atoms with Crippen LogP contribution >= 0.6 is 15.9 Å². The number of hydrogen-bond acceptors (Lipinski definition) is 3. The van der Waals surface area contributed by atoms with Gasteiger partial charge in [0, 0.05) is 38.2 Å². The van der Waals surface area contributed by atoms with Crippen molar-refractivity contribution in [3.8, 4) is 33.4 Å².